The lowest BCUT2D eigenvalue weighted by atomic mass is 10.2. The molecule has 3 rings (SSSR count). The molecule has 2 aromatic rings. The predicted octanol–water partition coefficient (Wildman–Crippen LogP) is 3.07. The summed E-state index contributed by atoms with van der Waals surface area (Å²) in [4.78, 5) is 2.66. The van der Waals surface area contributed by atoms with Crippen molar-refractivity contribution in [2.45, 2.75) is 31.2 Å². The van der Waals surface area contributed by atoms with E-state index >= 15 is 0 Å². The minimum atomic E-state index is -3.46. The van der Waals surface area contributed by atoms with Gasteiger partial charge < -0.3 is 4.90 Å². The molecule has 1 aliphatic heterocycles. The maximum Gasteiger partial charge on any atom is 0.240 e. The van der Waals surface area contributed by atoms with Crippen molar-refractivity contribution in [3.05, 3.63) is 59.7 Å². The molecule has 0 amide bonds. The van der Waals surface area contributed by atoms with Gasteiger partial charge in [0.15, 0.2) is 0 Å². The minimum absolute atomic E-state index is 0.302. The number of aryl methyl sites for hydroxylation is 1. The van der Waals surface area contributed by atoms with Crippen LogP contribution < -0.4 is 9.62 Å². The fourth-order valence-electron chi connectivity index (χ4n) is 2.78. The van der Waals surface area contributed by atoms with Gasteiger partial charge in [0, 0.05) is 25.3 Å². The summed E-state index contributed by atoms with van der Waals surface area (Å²) in [6, 6.07) is 15.0. The number of benzene rings is 2. The molecule has 4 nitrogen and oxygen atoms in total. The molecule has 2 aromatic carbocycles. The van der Waals surface area contributed by atoms with Gasteiger partial charge in [-0.2, -0.15) is 0 Å². The molecule has 1 N–H and O–H groups in total. The van der Waals surface area contributed by atoms with Crippen molar-refractivity contribution in [3.63, 3.8) is 0 Å². The summed E-state index contributed by atoms with van der Waals surface area (Å²) in [6.07, 6.45) is 2.50. The van der Waals surface area contributed by atoms with Crippen molar-refractivity contribution in [2.24, 2.45) is 0 Å². The third-order valence-electron chi connectivity index (χ3n) is 4.21. The fourth-order valence-corrected chi connectivity index (χ4v) is 3.80. The van der Waals surface area contributed by atoms with E-state index in [4.69, 9.17) is 0 Å². The van der Waals surface area contributed by atoms with E-state index in [0.717, 1.165) is 24.2 Å². The van der Waals surface area contributed by atoms with Crippen LogP contribution in [-0.4, -0.2) is 21.5 Å². The average Bonchev–Trinajstić information content (AvgIpc) is 3.08. The van der Waals surface area contributed by atoms with Crippen molar-refractivity contribution < 1.29 is 8.42 Å². The maximum atomic E-state index is 12.3. The second-order valence-electron chi connectivity index (χ2n) is 6.00. The summed E-state index contributed by atoms with van der Waals surface area (Å²) in [7, 11) is -3.46. The minimum Gasteiger partial charge on any atom is -0.372 e. The van der Waals surface area contributed by atoms with Gasteiger partial charge >= 0.3 is 0 Å². The van der Waals surface area contributed by atoms with Crippen molar-refractivity contribution in [1.29, 1.82) is 0 Å². The maximum absolute atomic E-state index is 12.3. The molecule has 0 bridgehead atoms. The molecule has 1 heterocycles. The first kappa shape index (κ1) is 16.0. The van der Waals surface area contributed by atoms with Gasteiger partial charge in [0.2, 0.25) is 10.0 Å². The highest BCUT2D eigenvalue weighted by atomic mass is 32.2. The molecule has 0 aromatic heterocycles. The monoisotopic (exact) mass is 330 g/mol. The smallest absolute Gasteiger partial charge is 0.240 e. The Morgan fingerprint density at radius 2 is 1.57 bits per heavy atom. The highest BCUT2D eigenvalue weighted by Gasteiger charge is 2.14. The molecule has 23 heavy (non-hydrogen) atoms. The molecular weight excluding hydrogens is 308 g/mol. The standard InChI is InChI=1S/C18H22N2O2S/c1-15-4-10-18(11-5-15)23(21,22)19-14-16-6-8-17(9-7-16)20-12-2-3-13-20/h4-11,19H,2-3,12-14H2,1H3. The summed E-state index contributed by atoms with van der Waals surface area (Å²) < 4.78 is 27.2. The number of nitrogens with zero attached hydrogens (tertiary/aromatic N) is 1. The largest absolute Gasteiger partial charge is 0.372 e. The van der Waals surface area contributed by atoms with Gasteiger partial charge in [0.05, 0.1) is 4.90 Å². The van der Waals surface area contributed by atoms with Gasteiger partial charge in [-0.1, -0.05) is 29.8 Å². The summed E-state index contributed by atoms with van der Waals surface area (Å²) in [5.74, 6) is 0. The van der Waals surface area contributed by atoms with Crippen molar-refractivity contribution >= 4 is 15.7 Å². The Hall–Kier alpha value is -1.85. The average molecular weight is 330 g/mol. The number of hydrogen-bond donors (Lipinski definition) is 1. The Bertz CT molecular complexity index is 747. The van der Waals surface area contributed by atoms with Gasteiger partial charge in [0.25, 0.3) is 0 Å². The normalized spacial score (nSPS) is 15.1. The van der Waals surface area contributed by atoms with Gasteiger partial charge in [-0.3, -0.25) is 0 Å². The van der Waals surface area contributed by atoms with Gasteiger partial charge in [-0.15, -0.1) is 0 Å². The molecular formula is C18H22N2O2S. The number of anilines is 1. The van der Waals surface area contributed by atoms with Gasteiger partial charge in [-0.05, 0) is 49.6 Å². The van der Waals surface area contributed by atoms with Crippen molar-refractivity contribution in [2.75, 3.05) is 18.0 Å². The molecule has 0 aliphatic carbocycles. The molecule has 122 valence electrons. The Morgan fingerprint density at radius 1 is 0.957 bits per heavy atom. The number of rotatable bonds is 5. The number of hydrogen-bond acceptors (Lipinski definition) is 3. The van der Waals surface area contributed by atoms with E-state index in [1.165, 1.54) is 18.5 Å². The topological polar surface area (TPSA) is 49.4 Å². The van der Waals surface area contributed by atoms with Gasteiger partial charge in [-0.25, -0.2) is 13.1 Å². The van der Waals surface area contributed by atoms with Crippen LogP contribution in [0, 0.1) is 6.92 Å². The fraction of sp³-hybridized carbons (Fsp3) is 0.333. The first-order chi connectivity index (χ1) is 11.0. The van der Waals surface area contributed by atoms with Crippen LogP contribution in [0.5, 0.6) is 0 Å². The second-order valence-corrected chi connectivity index (χ2v) is 7.77. The summed E-state index contributed by atoms with van der Waals surface area (Å²) in [5, 5.41) is 0. The quantitative estimate of drug-likeness (QED) is 0.916. The zero-order valence-electron chi connectivity index (χ0n) is 13.3. The zero-order valence-corrected chi connectivity index (χ0v) is 14.1. The third kappa shape index (κ3) is 3.92. The van der Waals surface area contributed by atoms with E-state index in [-0.39, 0.29) is 0 Å². The Kier molecular flexibility index (Phi) is 4.68. The molecule has 1 fully saturated rings. The molecule has 0 radical (unpaired) electrons. The van der Waals surface area contributed by atoms with E-state index in [9.17, 15) is 8.42 Å². The van der Waals surface area contributed by atoms with E-state index in [1.807, 2.05) is 19.1 Å². The second kappa shape index (κ2) is 6.72. The Morgan fingerprint density at radius 3 is 2.17 bits per heavy atom. The van der Waals surface area contributed by atoms with Crippen LogP contribution >= 0.6 is 0 Å². The predicted molar refractivity (Wildman–Crippen MR) is 93.1 cm³/mol. The first-order valence-electron chi connectivity index (χ1n) is 7.95. The SMILES string of the molecule is Cc1ccc(S(=O)(=O)NCc2ccc(N3CCCC3)cc2)cc1. The first-order valence-corrected chi connectivity index (χ1v) is 9.43. The zero-order chi connectivity index (χ0) is 16.3. The Labute approximate surface area is 138 Å². The molecule has 1 saturated heterocycles. The van der Waals surface area contributed by atoms with E-state index < -0.39 is 10.0 Å². The lowest BCUT2D eigenvalue weighted by Gasteiger charge is -2.17. The molecule has 0 atom stereocenters. The van der Waals surface area contributed by atoms with Crippen molar-refractivity contribution in [3.8, 4) is 0 Å². The van der Waals surface area contributed by atoms with E-state index in [2.05, 4.69) is 21.8 Å². The van der Waals surface area contributed by atoms with Crippen LogP contribution in [0.1, 0.15) is 24.0 Å². The van der Waals surface area contributed by atoms with Crippen LogP contribution in [0.15, 0.2) is 53.4 Å². The molecule has 0 spiro atoms. The molecule has 0 unspecified atom stereocenters. The van der Waals surface area contributed by atoms with Crippen LogP contribution in [0.25, 0.3) is 0 Å². The summed E-state index contributed by atoms with van der Waals surface area (Å²) in [6.45, 7) is 4.46. The number of sulfonamides is 1. The Balaban J connectivity index is 1.64. The van der Waals surface area contributed by atoms with E-state index in [1.54, 1.807) is 24.3 Å². The molecule has 5 heteroatoms. The summed E-state index contributed by atoms with van der Waals surface area (Å²) in [5.41, 5.74) is 3.22. The summed E-state index contributed by atoms with van der Waals surface area (Å²) >= 11 is 0. The van der Waals surface area contributed by atoms with Crippen LogP contribution in [0.4, 0.5) is 5.69 Å². The molecule has 0 saturated carbocycles. The van der Waals surface area contributed by atoms with Crippen LogP contribution in [0.2, 0.25) is 0 Å². The third-order valence-corrected chi connectivity index (χ3v) is 5.62. The highest BCUT2D eigenvalue weighted by molar-refractivity contribution is 7.89. The molecule has 1 aliphatic rings. The number of nitrogens with one attached hydrogen (secondary N) is 1. The lowest BCUT2D eigenvalue weighted by molar-refractivity contribution is 0.581. The van der Waals surface area contributed by atoms with E-state index in [0.29, 0.717) is 11.4 Å². The van der Waals surface area contributed by atoms with Crippen molar-refractivity contribution in [1.82, 2.24) is 4.72 Å². The van der Waals surface area contributed by atoms with Crippen LogP contribution in [-0.2, 0) is 16.6 Å². The van der Waals surface area contributed by atoms with Crippen LogP contribution in [0.3, 0.4) is 0 Å². The highest BCUT2D eigenvalue weighted by Crippen LogP contribution is 2.20. The lowest BCUT2D eigenvalue weighted by Crippen LogP contribution is -2.23. The van der Waals surface area contributed by atoms with Gasteiger partial charge in [0.1, 0.15) is 0 Å².